The van der Waals surface area contributed by atoms with E-state index in [1.807, 2.05) is 18.5 Å². The van der Waals surface area contributed by atoms with E-state index in [1.165, 1.54) is 11.1 Å². The summed E-state index contributed by atoms with van der Waals surface area (Å²) in [4.78, 5) is 16.6. The highest BCUT2D eigenvalue weighted by molar-refractivity contribution is 6.42. The molecule has 2 amide bonds. The van der Waals surface area contributed by atoms with Gasteiger partial charge in [0.15, 0.2) is 5.65 Å². The summed E-state index contributed by atoms with van der Waals surface area (Å²) < 4.78 is 0. The van der Waals surface area contributed by atoms with Gasteiger partial charge in [-0.25, -0.2) is 9.78 Å². The fourth-order valence-corrected chi connectivity index (χ4v) is 3.66. The molecule has 0 saturated carbocycles. The van der Waals surface area contributed by atoms with Crippen LogP contribution in [0.3, 0.4) is 0 Å². The molecule has 1 atom stereocenters. The number of carbonyl (C=O) groups excluding carboxylic acids is 1. The number of aryl methyl sites for hydroxylation is 1. The van der Waals surface area contributed by atoms with E-state index in [9.17, 15) is 4.79 Å². The Morgan fingerprint density at radius 2 is 2.15 bits per heavy atom. The number of aromatic nitrogens is 3. The van der Waals surface area contributed by atoms with Crippen molar-refractivity contribution in [2.45, 2.75) is 31.8 Å². The molecule has 0 saturated heterocycles. The van der Waals surface area contributed by atoms with Gasteiger partial charge in [0.25, 0.3) is 0 Å². The van der Waals surface area contributed by atoms with E-state index in [-0.39, 0.29) is 12.1 Å². The summed E-state index contributed by atoms with van der Waals surface area (Å²) in [5.41, 5.74) is 4.16. The van der Waals surface area contributed by atoms with Crippen molar-refractivity contribution >= 4 is 40.3 Å². The van der Waals surface area contributed by atoms with Gasteiger partial charge in [-0.05, 0) is 48.1 Å². The van der Waals surface area contributed by atoms with Gasteiger partial charge in [-0.1, -0.05) is 29.3 Å². The van der Waals surface area contributed by atoms with Crippen LogP contribution < -0.4 is 10.6 Å². The normalized spacial score (nSPS) is 16.3. The molecule has 3 N–H and O–H groups in total. The van der Waals surface area contributed by atoms with E-state index < -0.39 is 0 Å². The van der Waals surface area contributed by atoms with Crippen LogP contribution in [0.25, 0.3) is 11.0 Å². The van der Waals surface area contributed by atoms with E-state index in [0.717, 1.165) is 35.9 Å². The van der Waals surface area contributed by atoms with Crippen LogP contribution in [0.5, 0.6) is 0 Å². The van der Waals surface area contributed by atoms with Crippen LogP contribution in [-0.4, -0.2) is 27.3 Å². The largest absolute Gasteiger partial charge is 0.335 e. The summed E-state index contributed by atoms with van der Waals surface area (Å²) in [5, 5.41) is 14.9. The van der Waals surface area contributed by atoms with Crippen molar-refractivity contribution < 1.29 is 4.79 Å². The zero-order valence-electron chi connectivity index (χ0n) is 13.9. The maximum Gasteiger partial charge on any atom is 0.315 e. The monoisotopic (exact) mass is 389 g/mol. The zero-order valence-corrected chi connectivity index (χ0v) is 15.4. The molecule has 0 bridgehead atoms. The first-order valence-electron chi connectivity index (χ1n) is 8.38. The van der Waals surface area contributed by atoms with E-state index in [4.69, 9.17) is 23.2 Å². The number of fused-ring (bicyclic) bond motifs is 3. The Bertz CT molecular complexity index is 971. The Balaban J connectivity index is 1.35. The van der Waals surface area contributed by atoms with Gasteiger partial charge in [-0.2, -0.15) is 5.10 Å². The van der Waals surface area contributed by atoms with Crippen LogP contribution in [0, 0.1) is 0 Å². The van der Waals surface area contributed by atoms with Crippen molar-refractivity contribution in [1.29, 1.82) is 0 Å². The van der Waals surface area contributed by atoms with Crippen LogP contribution in [0.1, 0.15) is 23.1 Å². The summed E-state index contributed by atoms with van der Waals surface area (Å²) in [6, 6.07) is 5.21. The number of aromatic amines is 1. The number of pyridine rings is 1. The molecule has 1 unspecified atom stereocenters. The highest BCUT2D eigenvalue weighted by Crippen LogP contribution is 2.26. The Morgan fingerprint density at radius 1 is 1.27 bits per heavy atom. The molecule has 0 fully saturated rings. The van der Waals surface area contributed by atoms with Gasteiger partial charge in [-0.15, -0.1) is 0 Å². The summed E-state index contributed by atoms with van der Waals surface area (Å²) in [5.74, 6) is 0. The predicted molar refractivity (Wildman–Crippen MR) is 102 cm³/mol. The van der Waals surface area contributed by atoms with Crippen LogP contribution >= 0.6 is 23.2 Å². The third-order valence-corrected chi connectivity index (χ3v) is 5.40. The number of urea groups is 1. The van der Waals surface area contributed by atoms with Gasteiger partial charge in [0.1, 0.15) is 0 Å². The highest BCUT2D eigenvalue weighted by Gasteiger charge is 2.22. The first-order valence-corrected chi connectivity index (χ1v) is 9.14. The van der Waals surface area contributed by atoms with E-state index in [2.05, 4.69) is 25.8 Å². The SMILES string of the molecule is O=C(NCc1ccc(Cl)c(Cl)c1)NC1CCc2c(cnc3[nH]ncc23)C1. The molecule has 1 aliphatic carbocycles. The molecule has 6 nitrogen and oxygen atoms in total. The highest BCUT2D eigenvalue weighted by atomic mass is 35.5. The summed E-state index contributed by atoms with van der Waals surface area (Å²) in [7, 11) is 0. The second kappa shape index (κ2) is 7.13. The second-order valence-electron chi connectivity index (χ2n) is 6.41. The second-order valence-corrected chi connectivity index (χ2v) is 7.22. The van der Waals surface area contributed by atoms with Crippen molar-refractivity contribution in [3.05, 3.63) is 57.3 Å². The number of H-pyrrole nitrogens is 1. The topological polar surface area (TPSA) is 82.7 Å². The summed E-state index contributed by atoms with van der Waals surface area (Å²) in [6.07, 6.45) is 6.24. The van der Waals surface area contributed by atoms with E-state index in [1.54, 1.807) is 12.1 Å². The predicted octanol–water partition coefficient (Wildman–Crippen LogP) is 3.62. The number of amides is 2. The van der Waals surface area contributed by atoms with Gasteiger partial charge in [0, 0.05) is 24.2 Å². The lowest BCUT2D eigenvalue weighted by Gasteiger charge is -2.25. The number of nitrogens with zero attached hydrogens (tertiary/aromatic N) is 2. The molecule has 4 rings (SSSR count). The smallest absolute Gasteiger partial charge is 0.315 e. The molecule has 2 aromatic heterocycles. The number of nitrogens with one attached hydrogen (secondary N) is 3. The van der Waals surface area contributed by atoms with Gasteiger partial charge in [0.2, 0.25) is 0 Å². The average Bonchev–Trinajstić information content (AvgIpc) is 3.11. The molecule has 2 heterocycles. The number of benzene rings is 1. The maximum absolute atomic E-state index is 12.2. The van der Waals surface area contributed by atoms with Crippen LogP contribution in [-0.2, 0) is 19.4 Å². The van der Waals surface area contributed by atoms with Gasteiger partial charge >= 0.3 is 6.03 Å². The molecule has 0 radical (unpaired) electrons. The summed E-state index contributed by atoms with van der Waals surface area (Å²) >= 11 is 11.9. The lowest BCUT2D eigenvalue weighted by Crippen LogP contribution is -2.44. The van der Waals surface area contributed by atoms with Crippen LogP contribution in [0.4, 0.5) is 4.79 Å². The number of halogens is 2. The molecule has 1 aliphatic rings. The maximum atomic E-state index is 12.2. The number of carbonyl (C=O) groups is 1. The van der Waals surface area contributed by atoms with Crippen molar-refractivity contribution in [3.63, 3.8) is 0 Å². The molecule has 134 valence electrons. The molecular formula is C18H17Cl2N5O. The Morgan fingerprint density at radius 3 is 3.00 bits per heavy atom. The third kappa shape index (κ3) is 3.48. The minimum atomic E-state index is -0.193. The Labute approximate surface area is 160 Å². The molecule has 3 aromatic rings. The molecule has 26 heavy (non-hydrogen) atoms. The van der Waals surface area contributed by atoms with E-state index in [0.29, 0.717) is 16.6 Å². The number of rotatable bonds is 3. The number of hydrogen-bond acceptors (Lipinski definition) is 3. The molecule has 8 heteroatoms. The average molecular weight is 390 g/mol. The Hall–Kier alpha value is -2.31. The minimum Gasteiger partial charge on any atom is -0.335 e. The molecule has 1 aromatic carbocycles. The fourth-order valence-electron chi connectivity index (χ4n) is 3.34. The lowest BCUT2D eigenvalue weighted by atomic mass is 9.88. The Kier molecular flexibility index (Phi) is 4.70. The van der Waals surface area contributed by atoms with Crippen molar-refractivity contribution in [2.75, 3.05) is 0 Å². The first kappa shape index (κ1) is 17.1. The first-order chi connectivity index (χ1) is 12.6. The van der Waals surface area contributed by atoms with Crippen LogP contribution in [0.2, 0.25) is 10.0 Å². The minimum absolute atomic E-state index is 0.0856. The van der Waals surface area contributed by atoms with Gasteiger partial charge < -0.3 is 10.6 Å². The third-order valence-electron chi connectivity index (χ3n) is 4.66. The standard InChI is InChI=1S/C18H17Cl2N5O/c19-15-4-1-10(5-16(15)20)7-22-18(26)24-12-2-3-13-11(6-12)8-21-17-14(13)9-23-25-17/h1,4-5,8-9,12H,2-3,6-7H2,(H,21,23,25)(H2,22,24,26). The van der Waals surface area contributed by atoms with Crippen molar-refractivity contribution in [2.24, 2.45) is 0 Å². The van der Waals surface area contributed by atoms with Gasteiger partial charge in [-0.3, -0.25) is 5.10 Å². The fraction of sp³-hybridized carbons (Fsp3) is 0.278. The lowest BCUT2D eigenvalue weighted by molar-refractivity contribution is 0.235. The van der Waals surface area contributed by atoms with Crippen molar-refractivity contribution in [3.8, 4) is 0 Å². The van der Waals surface area contributed by atoms with Crippen molar-refractivity contribution in [1.82, 2.24) is 25.8 Å². The molecule has 0 aliphatic heterocycles. The quantitative estimate of drug-likeness (QED) is 0.639. The summed E-state index contributed by atoms with van der Waals surface area (Å²) in [6.45, 7) is 0.392. The molecule has 0 spiro atoms. The zero-order chi connectivity index (χ0) is 18.1. The number of hydrogen-bond donors (Lipinski definition) is 3. The van der Waals surface area contributed by atoms with Gasteiger partial charge in [0.05, 0.1) is 16.2 Å². The molecular weight excluding hydrogens is 373 g/mol. The van der Waals surface area contributed by atoms with E-state index >= 15 is 0 Å². The van der Waals surface area contributed by atoms with Crippen LogP contribution in [0.15, 0.2) is 30.6 Å².